The Morgan fingerprint density at radius 3 is 2.14 bits per heavy atom. The zero-order valence-corrected chi connectivity index (χ0v) is 11.2. The highest BCUT2D eigenvalue weighted by Gasteiger charge is 2.30. The third-order valence-corrected chi connectivity index (χ3v) is 2.68. The molecule has 0 aliphatic carbocycles. The van der Waals surface area contributed by atoms with Gasteiger partial charge in [0, 0.05) is 5.69 Å². The Labute approximate surface area is 123 Å². The van der Waals surface area contributed by atoms with Gasteiger partial charge in [-0.3, -0.25) is 4.79 Å². The normalized spacial score (nSPS) is 11.1. The molecule has 0 aliphatic rings. The molecule has 116 valence electrons. The molecule has 1 N–H and O–H groups in total. The first kappa shape index (κ1) is 15.8. The van der Waals surface area contributed by atoms with Crippen LogP contribution in [0.5, 0.6) is 5.75 Å². The van der Waals surface area contributed by atoms with Gasteiger partial charge in [0.25, 0.3) is 5.91 Å². The molecule has 1 amide bonds. The summed E-state index contributed by atoms with van der Waals surface area (Å²) in [6, 6.07) is 9.14. The van der Waals surface area contributed by atoms with Crippen LogP contribution >= 0.6 is 0 Å². The molecule has 0 saturated heterocycles. The third kappa shape index (κ3) is 4.47. The molecule has 0 heterocycles. The number of alkyl halides is 3. The summed E-state index contributed by atoms with van der Waals surface area (Å²) in [4.78, 5) is 11.6. The van der Waals surface area contributed by atoms with E-state index in [2.05, 4.69) is 5.32 Å². The Morgan fingerprint density at radius 2 is 1.59 bits per heavy atom. The van der Waals surface area contributed by atoms with E-state index in [1.807, 2.05) is 0 Å². The van der Waals surface area contributed by atoms with Gasteiger partial charge in [0.15, 0.2) is 6.61 Å². The van der Waals surface area contributed by atoms with Crippen molar-refractivity contribution in [1.29, 1.82) is 0 Å². The quantitative estimate of drug-likeness (QED) is 0.870. The third-order valence-electron chi connectivity index (χ3n) is 2.68. The molecule has 2 rings (SSSR count). The summed E-state index contributed by atoms with van der Waals surface area (Å²) in [5.41, 5.74) is -0.405. The van der Waals surface area contributed by atoms with Gasteiger partial charge in [0.2, 0.25) is 0 Å². The number of nitrogens with one attached hydrogen (secondary N) is 1. The second kappa shape index (κ2) is 6.46. The fourth-order valence-electron chi connectivity index (χ4n) is 1.62. The number of rotatable bonds is 4. The average Bonchev–Trinajstić information content (AvgIpc) is 2.47. The summed E-state index contributed by atoms with van der Waals surface area (Å²) in [5, 5.41) is 2.46. The average molecular weight is 313 g/mol. The van der Waals surface area contributed by atoms with E-state index in [-0.39, 0.29) is 12.4 Å². The maximum Gasteiger partial charge on any atom is 0.416 e. The molecule has 0 aliphatic heterocycles. The van der Waals surface area contributed by atoms with Gasteiger partial charge in [0.1, 0.15) is 11.6 Å². The summed E-state index contributed by atoms with van der Waals surface area (Å²) >= 11 is 0. The predicted molar refractivity (Wildman–Crippen MR) is 72.0 cm³/mol. The molecule has 0 radical (unpaired) electrons. The van der Waals surface area contributed by atoms with Gasteiger partial charge in [-0.25, -0.2) is 4.39 Å². The van der Waals surface area contributed by atoms with Crippen LogP contribution in [0, 0.1) is 5.82 Å². The zero-order valence-electron chi connectivity index (χ0n) is 11.2. The number of amides is 1. The maximum absolute atomic E-state index is 12.7. The van der Waals surface area contributed by atoms with E-state index in [1.54, 1.807) is 0 Å². The van der Waals surface area contributed by atoms with E-state index in [0.717, 1.165) is 24.3 Å². The van der Waals surface area contributed by atoms with Crippen LogP contribution in [-0.2, 0) is 11.0 Å². The Bertz CT molecular complexity index is 636. The summed E-state index contributed by atoms with van der Waals surface area (Å²) in [5.74, 6) is -0.798. The van der Waals surface area contributed by atoms with E-state index in [9.17, 15) is 22.4 Å². The topological polar surface area (TPSA) is 38.3 Å². The van der Waals surface area contributed by atoms with Crippen molar-refractivity contribution in [3.8, 4) is 5.75 Å². The van der Waals surface area contributed by atoms with Crippen molar-refractivity contribution >= 4 is 11.6 Å². The van der Waals surface area contributed by atoms with Crippen LogP contribution in [0.2, 0.25) is 0 Å². The minimum absolute atomic E-state index is 0.141. The molecule has 2 aromatic carbocycles. The Hall–Kier alpha value is -2.57. The number of halogens is 4. The van der Waals surface area contributed by atoms with Crippen molar-refractivity contribution in [2.45, 2.75) is 6.18 Å². The standard InChI is InChI=1S/C15H11F4NO2/c16-11-3-5-12(6-4-11)20-14(21)9-22-13-7-1-10(2-8-13)15(17,18)19/h1-8H,9H2,(H,20,21). The lowest BCUT2D eigenvalue weighted by Gasteiger charge is -2.09. The molecule has 0 aromatic heterocycles. The van der Waals surface area contributed by atoms with Gasteiger partial charge in [-0.05, 0) is 48.5 Å². The van der Waals surface area contributed by atoms with Crippen LogP contribution in [-0.4, -0.2) is 12.5 Å². The minimum Gasteiger partial charge on any atom is -0.484 e. The van der Waals surface area contributed by atoms with Gasteiger partial charge in [-0.15, -0.1) is 0 Å². The molecule has 0 spiro atoms. The Morgan fingerprint density at radius 1 is 1.00 bits per heavy atom. The highest BCUT2D eigenvalue weighted by Crippen LogP contribution is 2.30. The maximum atomic E-state index is 12.7. The van der Waals surface area contributed by atoms with E-state index in [1.165, 1.54) is 24.3 Å². The van der Waals surface area contributed by atoms with Gasteiger partial charge in [-0.1, -0.05) is 0 Å². The summed E-state index contributed by atoms with van der Waals surface area (Å²) < 4.78 is 54.9. The first-order valence-corrected chi connectivity index (χ1v) is 6.20. The largest absolute Gasteiger partial charge is 0.484 e. The van der Waals surface area contributed by atoms with Crippen molar-refractivity contribution in [2.75, 3.05) is 11.9 Å². The molecule has 3 nitrogen and oxygen atoms in total. The SMILES string of the molecule is O=C(COc1ccc(C(F)(F)F)cc1)Nc1ccc(F)cc1. The Kier molecular flexibility index (Phi) is 4.65. The van der Waals surface area contributed by atoms with Crippen molar-refractivity contribution in [3.05, 3.63) is 59.9 Å². The Balaban J connectivity index is 1.87. The van der Waals surface area contributed by atoms with E-state index < -0.39 is 23.5 Å². The second-order valence-corrected chi connectivity index (χ2v) is 4.37. The number of ether oxygens (including phenoxy) is 1. The molecule has 22 heavy (non-hydrogen) atoms. The number of carbonyl (C=O) groups excluding carboxylic acids is 1. The molecule has 0 saturated carbocycles. The lowest BCUT2D eigenvalue weighted by molar-refractivity contribution is -0.137. The lowest BCUT2D eigenvalue weighted by Crippen LogP contribution is -2.20. The summed E-state index contributed by atoms with van der Waals surface area (Å²) in [6.45, 7) is -0.372. The van der Waals surface area contributed by atoms with Gasteiger partial charge in [0.05, 0.1) is 5.56 Å². The van der Waals surface area contributed by atoms with Gasteiger partial charge in [-0.2, -0.15) is 13.2 Å². The molecule has 0 atom stereocenters. The second-order valence-electron chi connectivity index (χ2n) is 4.37. The van der Waals surface area contributed by atoms with Crippen LogP contribution in [0.4, 0.5) is 23.2 Å². The number of benzene rings is 2. The molecule has 0 fully saturated rings. The number of anilines is 1. The van der Waals surface area contributed by atoms with Crippen LogP contribution in [0.25, 0.3) is 0 Å². The monoisotopic (exact) mass is 313 g/mol. The van der Waals surface area contributed by atoms with E-state index in [0.29, 0.717) is 5.69 Å². The molecule has 2 aromatic rings. The van der Waals surface area contributed by atoms with Crippen molar-refractivity contribution in [2.24, 2.45) is 0 Å². The van der Waals surface area contributed by atoms with Crippen LogP contribution in [0.1, 0.15) is 5.56 Å². The van der Waals surface area contributed by atoms with Crippen molar-refractivity contribution < 1.29 is 27.1 Å². The fraction of sp³-hybridized carbons (Fsp3) is 0.133. The van der Waals surface area contributed by atoms with Gasteiger partial charge >= 0.3 is 6.18 Å². The lowest BCUT2D eigenvalue weighted by atomic mass is 10.2. The first-order chi connectivity index (χ1) is 10.3. The highest BCUT2D eigenvalue weighted by atomic mass is 19.4. The van der Waals surface area contributed by atoms with E-state index >= 15 is 0 Å². The van der Waals surface area contributed by atoms with Gasteiger partial charge < -0.3 is 10.1 Å². The summed E-state index contributed by atoms with van der Waals surface area (Å²) in [6.07, 6.45) is -4.42. The molecular weight excluding hydrogens is 302 g/mol. The predicted octanol–water partition coefficient (Wildman–Crippen LogP) is 3.86. The summed E-state index contributed by atoms with van der Waals surface area (Å²) in [7, 11) is 0. The number of hydrogen-bond acceptors (Lipinski definition) is 2. The molecule has 0 bridgehead atoms. The van der Waals surface area contributed by atoms with Crippen LogP contribution in [0.3, 0.4) is 0 Å². The fourth-order valence-corrected chi connectivity index (χ4v) is 1.62. The molecule has 7 heteroatoms. The van der Waals surface area contributed by atoms with Crippen molar-refractivity contribution in [3.63, 3.8) is 0 Å². The van der Waals surface area contributed by atoms with E-state index in [4.69, 9.17) is 4.74 Å². The number of hydrogen-bond donors (Lipinski definition) is 1. The number of carbonyl (C=O) groups is 1. The van der Waals surface area contributed by atoms with Crippen LogP contribution < -0.4 is 10.1 Å². The zero-order chi connectivity index (χ0) is 16.2. The smallest absolute Gasteiger partial charge is 0.416 e. The minimum atomic E-state index is -4.42. The highest BCUT2D eigenvalue weighted by molar-refractivity contribution is 5.91. The molecular formula is C15H11F4NO2. The van der Waals surface area contributed by atoms with Crippen molar-refractivity contribution in [1.82, 2.24) is 0 Å². The first-order valence-electron chi connectivity index (χ1n) is 6.20. The molecule has 0 unspecified atom stereocenters. The van der Waals surface area contributed by atoms with Crippen LogP contribution in [0.15, 0.2) is 48.5 Å².